The number of thiazole rings is 1. The highest BCUT2D eigenvalue weighted by molar-refractivity contribution is 7.17. The first-order valence-corrected chi connectivity index (χ1v) is 8.56. The van der Waals surface area contributed by atoms with Gasteiger partial charge in [0.25, 0.3) is 0 Å². The van der Waals surface area contributed by atoms with Gasteiger partial charge in [0.1, 0.15) is 10.6 Å². The lowest BCUT2D eigenvalue weighted by atomic mass is 10.1. The number of anilines is 1. The van der Waals surface area contributed by atoms with E-state index in [0.29, 0.717) is 27.0 Å². The number of carbonyl (C=O) groups is 1. The van der Waals surface area contributed by atoms with Gasteiger partial charge in [0.2, 0.25) is 10.9 Å². The van der Waals surface area contributed by atoms with Crippen molar-refractivity contribution in [3.05, 3.63) is 38.4 Å². The molecular formula is C16H18N4O6S. The standard InChI is InChI=1S/C16H18N4O6S/c1-5-26-15(21)14-9(2)18-16(27-14)19-17-8-10-6-11(20(22)23)13(25-4)7-12(10)24-3/h6-8H,5H2,1-4H3,(H,18,19)/b17-8-. The quantitative estimate of drug-likeness (QED) is 0.313. The Labute approximate surface area is 158 Å². The third kappa shape index (κ3) is 4.70. The number of aromatic nitrogens is 1. The lowest BCUT2D eigenvalue weighted by Crippen LogP contribution is -2.03. The third-order valence-electron chi connectivity index (χ3n) is 3.35. The summed E-state index contributed by atoms with van der Waals surface area (Å²) in [7, 11) is 2.77. The maximum Gasteiger partial charge on any atom is 0.350 e. The van der Waals surface area contributed by atoms with Crippen LogP contribution in [0.15, 0.2) is 17.2 Å². The second-order valence-electron chi connectivity index (χ2n) is 5.05. The first kappa shape index (κ1) is 20.1. The lowest BCUT2D eigenvalue weighted by molar-refractivity contribution is -0.385. The van der Waals surface area contributed by atoms with E-state index in [0.717, 1.165) is 11.3 Å². The van der Waals surface area contributed by atoms with Gasteiger partial charge in [-0.3, -0.25) is 15.5 Å². The Morgan fingerprint density at radius 2 is 2.07 bits per heavy atom. The number of hydrazone groups is 1. The van der Waals surface area contributed by atoms with Gasteiger partial charge in [0, 0.05) is 17.7 Å². The summed E-state index contributed by atoms with van der Waals surface area (Å²) in [5, 5.41) is 15.6. The summed E-state index contributed by atoms with van der Waals surface area (Å²) in [6, 6.07) is 2.70. The number of ether oxygens (including phenoxy) is 3. The highest BCUT2D eigenvalue weighted by Gasteiger charge is 2.19. The summed E-state index contributed by atoms with van der Waals surface area (Å²) in [6.45, 7) is 3.68. The van der Waals surface area contributed by atoms with E-state index in [9.17, 15) is 14.9 Å². The molecule has 1 aromatic carbocycles. The number of esters is 1. The normalized spacial score (nSPS) is 10.7. The van der Waals surface area contributed by atoms with Crippen LogP contribution < -0.4 is 14.9 Å². The number of aryl methyl sites for hydroxylation is 1. The van der Waals surface area contributed by atoms with E-state index < -0.39 is 10.9 Å². The van der Waals surface area contributed by atoms with Gasteiger partial charge in [-0.05, 0) is 13.8 Å². The molecule has 0 unspecified atom stereocenters. The molecule has 2 aromatic rings. The van der Waals surface area contributed by atoms with Crippen molar-refractivity contribution in [2.75, 3.05) is 26.3 Å². The maximum absolute atomic E-state index is 11.8. The predicted octanol–water partition coefficient (Wildman–Crippen LogP) is 3.00. The first-order chi connectivity index (χ1) is 12.9. The molecule has 0 radical (unpaired) electrons. The predicted molar refractivity (Wildman–Crippen MR) is 100 cm³/mol. The molecule has 1 heterocycles. The molecule has 1 aromatic heterocycles. The van der Waals surface area contributed by atoms with Crippen molar-refractivity contribution in [3.8, 4) is 11.5 Å². The van der Waals surface area contributed by atoms with Gasteiger partial charge in [-0.15, -0.1) is 0 Å². The van der Waals surface area contributed by atoms with E-state index in [1.54, 1.807) is 13.8 Å². The first-order valence-electron chi connectivity index (χ1n) is 7.75. The van der Waals surface area contributed by atoms with Crippen LogP contribution in [-0.2, 0) is 4.74 Å². The molecule has 0 fully saturated rings. The molecular weight excluding hydrogens is 376 g/mol. The SMILES string of the molecule is CCOC(=O)c1sc(N/N=C\c2cc([N+](=O)[O-])c(OC)cc2OC)nc1C. The maximum atomic E-state index is 11.8. The van der Waals surface area contributed by atoms with E-state index in [4.69, 9.17) is 14.2 Å². The number of benzene rings is 1. The van der Waals surface area contributed by atoms with Crippen molar-refractivity contribution in [1.82, 2.24) is 4.98 Å². The molecule has 0 aliphatic carbocycles. The molecule has 11 heteroatoms. The molecule has 0 saturated carbocycles. The van der Waals surface area contributed by atoms with Crippen LogP contribution in [0.3, 0.4) is 0 Å². The summed E-state index contributed by atoms with van der Waals surface area (Å²) in [6.07, 6.45) is 1.35. The van der Waals surface area contributed by atoms with Gasteiger partial charge in [0.15, 0.2) is 0 Å². The minimum Gasteiger partial charge on any atom is -0.496 e. The average Bonchev–Trinajstić information content (AvgIpc) is 3.02. The number of nitro benzene ring substituents is 1. The van der Waals surface area contributed by atoms with Gasteiger partial charge < -0.3 is 14.2 Å². The third-order valence-corrected chi connectivity index (χ3v) is 4.39. The number of hydrogen-bond donors (Lipinski definition) is 1. The van der Waals surface area contributed by atoms with Crippen LogP contribution in [0.4, 0.5) is 10.8 Å². The molecule has 0 atom stereocenters. The van der Waals surface area contributed by atoms with Gasteiger partial charge in [-0.2, -0.15) is 5.10 Å². The fourth-order valence-corrected chi connectivity index (χ4v) is 2.95. The second kappa shape index (κ2) is 8.94. The summed E-state index contributed by atoms with van der Waals surface area (Å²) in [5.41, 5.74) is 3.37. The number of hydrogen-bond acceptors (Lipinski definition) is 10. The zero-order valence-electron chi connectivity index (χ0n) is 15.1. The molecule has 0 aliphatic heterocycles. The highest BCUT2D eigenvalue weighted by Crippen LogP contribution is 2.33. The molecule has 0 aliphatic rings. The van der Waals surface area contributed by atoms with E-state index in [1.165, 1.54) is 32.6 Å². The Balaban J connectivity index is 2.23. The lowest BCUT2D eigenvalue weighted by Gasteiger charge is -2.08. The van der Waals surface area contributed by atoms with Crippen molar-refractivity contribution in [2.45, 2.75) is 13.8 Å². The van der Waals surface area contributed by atoms with Crippen LogP contribution in [0.5, 0.6) is 11.5 Å². The van der Waals surface area contributed by atoms with Crippen LogP contribution in [0.25, 0.3) is 0 Å². The van der Waals surface area contributed by atoms with Crippen molar-refractivity contribution in [3.63, 3.8) is 0 Å². The van der Waals surface area contributed by atoms with Crippen LogP contribution in [0.2, 0.25) is 0 Å². The minimum atomic E-state index is -0.557. The second-order valence-corrected chi connectivity index (χ2v) is 6.05. The van der Waals surface area contributed by atoms with Crippen LogP contribution in [-0.4, -0.2) is 42.9 Å². The number of nitro groups is 1. The molecule has 0 amide bonds. The number of carbonyl (C=O) groups excluding carboxylic acids is 1. The van der Waals surface area contributed by atoms with E-state index >= 15 is 0 Å². The molecule has 0 saturated heterocycles. The Morgan fingerprint density at radius 3 is 2.67 bits per heavy atom. The fourth-order valence-electron chi connectivity index (χ4n) is 2.14. The molecule has 0 spiro atoms. The molecule has 0 bridgehead atoms. The molecule has 144 valence electrons. The van der Waals surface area contributed by atoms with Crippen LogP contribution in [0, 0.1) is 17.0 Å². The average molecular weight is 394 g/mol. The van der Waals surface area contributed by atoms with E-state index in [1.807, 2.05) is 0 Å². The molecule has 10 nitrogen and oxygen atoms in total. The Kier molecular flexibility index (Phi) is 6.66. The van der Waals surface area contributed by atoms with Crippen molar-refractivity contribution >= 4 is 34.3 Å². The molecule has 2 rings (SSSR count). The number of nitrogens with zero attached hydrogens (tertiary/aromatic N) is 3. The largest absolute Gasteiger partial charge is 0.496 e. The fraction of sp³-hybridized carbons (Fsp3) is 0.312. The van der Waals surface area contributed by atoms with E-state index in [-0.39, 0.29) is 18.0 Å². The van der Waals surface area contributed by atoms with Crippen LogP contribution in [0.1, 0.15) is 27.9 Å². The Bertz CT molecular complexity index is 880. The molecule has 27 heavy (non-hydrogen) atoms. The zero-order chi connectivity index (χ0) is 20.0. The summed E-state index contributed by atoms with van der Waals surface area (Å²) in [4.78, 5) is 27.0. The Hall–Kier alpha value is -3.21. The van der Waals surface area contributed by atoms with Crippen molar-refractivity contribution < 1.29 is 23.9 Å². The van der Waals surface area contributed by atoms with Gasteiger partial charge >= 0.3 is 11.7 Å². The zero-order valence-corrected chi connectivity index (χ0v) is 16.0. The molecule has 1 N–H and O–H groups in total. The van der Waals surface area contributed by atoms with E-state index in [2.05, 4.69) is 15.5 Å². The monoisotopic (exact) mass is 394 g/mol. The van der Waals surface area contributed by atoms with Gasteiger partial charge in [0.05, 0.1) is 37.7 Å². The Morgan fingerprint density at radius 1 is 1.37 bits per heavy atom. The van der Waals surface area contributed by atoms with Crippen molar-refractivity contribution in [2.24, 2.45) is 5.10 Å². The smallest absolute Gasteiger partial charge is 0.350 e. The minimum absolute atomic E-state index is 0.0802. The van der Waals surface area contributed by atoms with Gasteiger partial charge in [-0.25, -0.2) is 9.78 Å². The number of rotatable bonds is 8. The highest BCUT2D eigenvalue weighted by atomic mass is 32.1. The van der Waals surface area contributed by atoms with Crippen LogP contribution >= 0.6 is 11.3 Å². The van der Waals surface area contributed by atoms with Gasteiger partial charge in [-0.1, -0.05) is 11.3 Å². The summed E-state index contributed by atoms with van der Waals surface area (Å²) >= 11 is 1.10. The number of nitrogens with one attached hydrogen (secondary N) is 1. The number of methoxy groups -OCH3 is 2. The summed E-state index contributed by atoms with van der Waals surface area (Å²) in [5.74, 6) is -0.0147. The van der Waals surface area contributed by atoms with Crippen molar-refractivity contribution in [1.29, 1.82) is 0 Å². The summed E-state index contributed by atoms with van der Waals surface area (Å²) < 4.78 is 15.2. The topological polar surface area (TPSA) is 125 Å².